The van der Waals surface area contributed by atoms with Crippen LogP contribution in [0.2, 0.25) is 0 Å². The van der Waals surface area contributed by atoms with Crippen molar-refractivity contribution in [2.45, 2.75) is 32.5 Å². The van der Waals surface area contributed by atoms with Gasteiger partial charge in [-0.15, -0.1) is 0 Å². The van der Waals surface area contributed by atoms with Crippen molar-refractivity contribution in [3.63, 3.8) is 0 Å². The van der Waals surface area contributed by atoms with Crippen LogP contribution in [-0.4, -0.2) is 20.8 Å². The van der Waals surface area contributed by atoms with Gasteiger partial charge in [0.05, 0.1) is 5.60 Å². The summed E-state index contributed by atoms with van der Waals surface area (Å²) in [6, 6.07) is 0. The Morgan fingerprint density at radius 1 is 1.14 bits per heavy atom. The average molecular weight is 300 g/mol. The van der Waals surface area contributed by atoms with E-state index in [1.165, 1.54) is 12.2 Å². The zero-order valence-corrected chi connectivity index (χ0v) is 11.8. The first-order valence-corrected chi connectivity index (χ1v) is 6.25. The van der Waals surface area contributed by atoms with Crippen molar-refractivity contribution < 1.29 is 22.8 Å². The molecule has 0 amide bonds. The maximum Gasteiger partial charge on any atom is 0.471 e. The van der Waals surface area contributed by atoms with Crippen molar-refractivity contribution in [1.29, 1.82) is 0 Å². The summed E-state index contributed by atoms with van der Waals surface area (Å²) in [7, 11) is 0. The molecule has 1 aliphatic rings. The van der Waals surface area contributed by atoms with Crippen LogP contribution in [0.15, 0.2) is 34.9 Å². The molecular formula is C14H15F3N2O2. The normalized spacial score (nSPS) is 30.9. The van der Waals surface area contributed by atoms with Gasteiger partial charge in [0.2, 0.25) is 5.82 Å². The van der Waals surface area contributed by atoms with Crippen LogP contribution in [0.5, 0.6) is 0 Å². The number of hydrogen-bond acceptors (Lipinski definition) is 4. The van der Waals surface area contributed by atoms with Crippen LogP contribution in [0.3, 0.4) is 0 Å². The van der Waals surface area contributed by atoms with Gasteiger partial charge in [-0.2, -0.15) is 18.2 Å². The van der Waals surface area contributed by atoms with E-state index >= 15 is 0 Å². The van der Waals surface area contributed by atoms with Gasteiger partial charge in [0.25, 0.3) is 0 Å². The van der Waals surface area contributed by atoms with Crippen LogP contribution in [0.4, 0.5) is 13.2 Å². The standard InChI is InChI=1S/C14H15F3N2O2/c1-12(2)6-7-13(3,20)5-4-9(8-12)10-18-11(21-19-10)14(15,16)17/h4-8,20H,1-3H3/b5-4-,7-6-,9-8+. The summed E-state index contributed by atoms with van der Waals surface area (Å²) in [4.78, 5) is 3.36. The second-order valence-corrected chi connectivity index (χ2v) is 5.73. The summed E-state index contributed by atoms with van der Waals surface area (Å²) in [5.41, 5.74) is -1.33. The number of alkyl halides is 3. The maximum absolute atomic E-state index is 12.5. The van der Waals surface area contributed by atoms with Crippen molar-refractivity contribution >= 4 is 5.57 Å². The quantitative estimate of drug-likeness (QED) is 0.808. The lowest BCUT2D eigenvalue weighted by Crippen LogP contribution is -2.20. The molecule has 0 saturated carbocycles. The lowest BCUT2D eigenvalue weighted by atomic mass is 9.86. The van der Waals surface area contributed by atoms with E-state index in [9.17, 15) is 18.3 Å². The SMILES string of the molecule is CC1(O)/C=C\C(c2noc(C(F)(F)F)n2)=C/C(C)(C)/C=C\1. The molecule has 0 aliphatic heterocycles. The third-order valence-electron chi connectivity index (χ3n) is 2.90. The average Bonchev–Trinajstić information content (AvgIpc) is 2.80. The summed E-state index contributed by atoms with van der Waals surface area (Å²) >= 11 is 0. The van der Waals surface area contributed by atoms with Gasteiger partial charge in [0.1, 0.15) is 0 Å². The summed E-state index contributed by atoms with van der Waals surface area (Å²) in [6.07, 6.45) is 3.35. The van der Waals surface area contributed by atoms with Gasteiger partial charge < -0.3 is 9.63 Å². The Kier molecular flexibility index (Phi) is 3.57. The minimum atomic E-state index is -4.68. The number of halogens is 3. The van der Waals surface area contributed by atoms with E-state index in [0.29, 0.717) is 5.57 Å². The van der Waals surface area contributed by atoms with Crippen LogP contribution >= 0.6 is 0 Å². The van der Waals surface area contributed by atoms with Gasteiger partial charge in [-0.3, -0.25) is 0 Å². The molecule has 0 fully saturated rings. The van der Waals surface area contributed by atoms with Gasteiger partial charge in [-0.1, -0.05) is 43.3 Å². The smallest absolute Gasteiger partial charge is 0.382 e. The molecular weight excluding hydrogens is 285 g/mol. The Morgan fingerprint density at radius 2 is 1.81 bits per heavy atom. The molecule has 0 radical (unpaired) electrons. The molecule has 1 N–H and O–H groups in total. The topological polar surface area (TPSA) is 59.2 Å². The first kappa shape index (κ1) is 15.5. The molecule has 114 valence electrons. The Labute approximate surface area is 119 Å². The molecule has 1 aliphatic carbocycles. The molecule has 0 bridgehead atoms. The van der Waals surface area contributed by atoms with E-state index in [1.54, 1.807) is 25.2 Å². The van der Waals surface area contributed by atoms with E-state index in [2.05, 4.69) is 14.7 Å². The number of aliphatic hydroxyl groups is 1. The fourth-order valence-electron chi connectivity index (χ4n) is 1.79. The first-order valence-electron chi connectivity index (χ1n) is 6.25. The minimum absolute atomic E-state index is 0.169. The summed E-state index contributed by atoms with van der Waals surface area (Å²) < 4.78 is 41.7. The summed E-state index contributed by atoms with van der Waals surface area (Å²) in [5.74, 6) is -1.56. The van der Waals surface area contributed by atoms with Crippen molar-refractivity contribution in [2.75, 3.05) is 0 Å². The van der Waals surface area contributed by atoms with E-state index in [0.717, 1.165) is 0 Å². The maximum atomic E-state index is 12.5. The highest BCUT2D eigenvalue weighted by molar-refractivity contribution is 5.71. The van der Waals surface area contributed by atoms with Crippen LogP contribution < -0.4 is 0 Å². The molecule has 7 heteroatoms. The monoisotopic (exact) mass is 300 g/mol. The molecule has 1 atom stereocenters. The third kappa shape index (κ3) is 3.81. The fourth-order valence-corrected chi connectivity index (χ4v) is 1.79. The highest BCUT2D eigenvalue weighted by Crippen LogP contribution is 2.32. The van der Waals surface area contributed by atoms with Gasteiger partial charge in [0.15, 0.2) is 0 Å². The van der Waals surface area contributed by atoms with Crippen molar-refractivity contribution in [3.8, 4) is 0 Å². The number of aromatic nitrogens is 2. The Hall–Kier alpha value is -1.89. The summed E-state index contributed by atoms with van der Waals surface area (Å²) in [6.45, 7) is 5.27. The second-order valence-electron chi connectivity index (χ2n) is 5.73. The van der Waals surface area contributed by atoms with Crippen LogP contribution in [0.25, 0.3) is 5.57 Å². The van der Waals surface area contributed by atoms with Crippen molar-refractivity contribution in [3.05, 3.63) is 42.1 Å². The van der Waals surface area contributed by atoms with Crippen LogP contribution in [0, 0.1) is 5.41 Å². The first-order chi connectivity index (χ1) is 9.49. The minimum Gasteiger partial charge on any atom is -0.382 e. The predicted molar refractivity (Wildman–Crippen MR) is 70.0 cm³/mol. The zero-order valence-electron chi connectivity index (χ0n) is 11.8. The van der Waals surface area contributed by atoms with E-state index < -0.39 is 23.1 Å². The van der Waals surface area contributed by atoms with Crippen LogP contribution in [-0.2, 0) is 6.18 Å². The van der Waals surface area contributed by atoms with Crippen molar-refractivity contribution in [2.24, 2.45) is 5.41 Å². The molecule has 4 nitrogen and oxygen atoms in total. The van der Waals surface area contributed by atoms with Gasteiger partial charge in [0, 0.05) is 11.0 Å². The molecule has 0 spiro atoms. The molecule has 1 heterocycles. The number of nitrogens with zero attached hydrogens (tertiary/aromatic N) is 2. The van der Waals surface area contributed by atoms with E-state index in [-0.39, 0.29) is 5.82 Å². The third-order valence-corrected chi connectivity index (χ3v) is 2.90. The molecule has 21 heavy (non-hydrogen) atoms. The predicted octanol–water partition coefficient (Wildman–Crippen LogP) is 3.38. The van der Waals surface area contributed by atoms with E-state index in [4.69, 9.17) is 0 Å². The second kappa shape index (κ2) is 4.84. The molecule has 0 aromatic carbocycles. The molecule has 0 saturated heterocycles. The van der Waals surface area contributed by atoms with Gasteiger partial charge in [-0.05, 0) is 13.0 Å². The van der Waals surface area contributed by atoms with Gasteiger partial charge in [-0.25, -0.2) is 0 Å². The Bertz CT molecular complexity index is 622. The highest BCUT2D eigenvalue weighted by Gasteiger charge is 2.38. The highest BCUT2D eigenvalue weighted by atomic mass is 19.4. The number of hydrogen-bond donors (Lipinski definition) is 1. The molecule has 1 aromatic heterocycles. The molecule has 1 unspecified atom stereocenters. The van der Waals surface area contributed by atoms with Crippen molar-refractivity contribution in [1.82, 2.24) is 10.1 Å². The summed E-state index contributed by atoms with van der Waals surface area (Å²) in [5, 5.41) is 13.4. The van der Waals surface area contributed by atoms with Crippen LogP contribution in [0.1, 0.15) is 32.5 Å². The largest absolute Gasteiger partial charge is 0.471 e. The number of allylic oxidation sites excluding steroid dienone is 4. The van der Waals surface area contributed by atoms with Gasteiger partial charge >= 0.3 is 12.1 Å². The molecule has 1 aromatic rings. The zero-order chi connectivity index (χ0) is 15.9. The number of rotatable bonds is 1. The Morgan fingerprint density at radius 3 is 2.38 bits per heavy atom. The molecule has 2 rings (SSSR count). The van der Waals surface area contributed by atoms with E-state index in [1.807, 2.05) is 13.8 Å². The lowest BCUT2D eigenvalue weighted by Gasteiger charge is -2.22. The fraction of sp³-hybridized carbons (Fsp3) is 0.429. The lowest BCUT2D eigenvalue weighted by molar-refractivity contribution is -0.159. The Balaban J connectivity index is 2.46.